The van der Waals surface area contributed by atoms with Gasteiger partial charge in [-0.25, -0.2) is 4.98 Å². The Morgan fingerprint density at radius 3 is 2.64 bits per heavy atom. The first-order valence-electron chi connectivity index (χ1n) is 3.46. The van der Waals surface area contributed by atoms with Crippen molar-refractivity contribution in [1.82, 2.24) is 4.98 Å². The van der Waals surface area contributed by atoms with Crippen molar-refractivity contribution in [3.63, 3.8) is 0 Å². The fraction of sp³-hybridized carbons (Fsp3) is 0.375. The Morgan fingerprint density at radius 2 is 2.18 bits per heavy atom. The number of hydrogen-bond acceptors (Lipinski definition) is 2. The second kappa shape index (κ2) is 3.58. The largest absolute Gasteiger partial charge is 0.475 e. The van der Waals surface area contributed by atoms with Gasteiger partial charge in [-0.15, -0.1) is 0 Å². The Morgan fingerprint density at radius 1 is 1.45 bits per heavy atom. The molecule has 1 heterocycles. The van der Waals surface area contributed by atoms with E-state index >= 15 is 0 Å². The third-order valence-electron chi connectivity index (χ3n) is 1.06. The summed E-state index contributed by atoms with van der Waals surface area (Å²) in [4.78, 5) is 3.96. The normalized spacial score (nSPS) is 10.2. The highest BCUT2D eigenvalue weighted by Crippen LogP contribution is 2.12. The average molecular weight is 172 g/mol. The molecule has 11 heavy (non-hydrogen) atoms. The number of halogens is 1. The molecule has 0 radical (unpaired) electrons. The second-order valence-corrected chi connectivity index (χ2v) is 2.92. The smallest absolute Gasteiger partial charge is 0.213 e. The van der Waals surface area contributed by atoms with Gasteiger partial charge in [0.1, 0.15) is 0 Å². The molecule has 0 aliphatic rings. The Kier molecular flexibility index (Phi) is 2.71. The molecule has 0 aliphatic heterocycles. The summed E-state index contributed by atoms with van der Waals surface area (Å²) in [5.74, 6) is 0.615. The van der Waals surface area contributed by atoms with E-state index in [1.165, 1.54) is 0 Å². The molecule has 0 atom stereocenters. The monoisotopic (exact) mass is 171 g/mol. The van der Waals surface area contributed by atoms with Crippen molar-refractivity contribution in [3.05, 3.63) is 23.4 Å². The zero-order chi connectivity index (χ0) is 8.27. The molecule has 0 aromatic carbocycles. The van der Waals surface area contributed by atoms with E-state index in [1.807, 2.05) is 13.8 Å². The summed E-state index contributed by atoms with van der Waals surface area (Å²) >= 11 is 5.63. The maximum atomic E-state index is 5.63. The number of nitrogens with zero attached hydrogens (tertiary/aromatic N) is 1. The lowest BCUT2D eigenvalue weighted by atomic mass is 10.4. The second-order valence-electron chi connectivity index (χ2n) is 2.48. The summed E-state index contributed by atoms with van der Waals surface area (Å²) in [5.41, 5.74) is 0. The maximum absolute atomic E-state index is 5.63. The average Bonchev–Trinajstić information content (AvgIpc) is 1.93. The molecule has 60 valence electrons. The van der Waals surface area contributed by atoms with Gasteiger partial charge in [0.25, 0.3) is 0 Å². The van der Waals surface area contributed by atoms with E-state index in [0.29, 0.717) is 10.9 Å². The van der Waals surface area contributed by atoms with Crippen molar-refractivity contribution >= 4 is 11.6 Å². The summed E-state index contributed by atoms with van der Waals surface area (Å²) in [5, 5.41) is 0.626. The molecule has 0 N–H and O–H groups in total. The van der Waals surface area contributed by atoms with E-state index in [2.05, 4.69) is 4.98 Å². The van der Waals surface area contributed by atoms with E-state index in [1.54, 1.807) is 18.3 Å². The summed E-state index contributed by atoms with van der Waals surface area (Å²) in [7, 11) is 0. The van der Waals surface area contributed by atoms with E-state index in [4.69, 9.17) is 16.3 Å². The molecule has 1 aromatic rings. The van der Waals surface area contributed by atoms with E-state index in [9.17, 15) is 0 Å². The first kappa shape index (κ1) is 8.34. The number of rotatable bonds is 2. The van der Waals surface area contributed by atoms with Crippen LogP contribution < -0.4 is 4.74 Å². The predicted octanol–water partition coefficient (Wildman–Crippen LogP) is 2.52. The number of pyridine rings is 1. The van der Waals surface area contributed by atoms with Crippen LogP contribution in [0.25, 0.3) is 0 Å². The molecule has 0 unspecified atom stereocenters. The van der Waals surface area contributed by atoms with Crippen molar-refractivity contribution in [2.24, 2.45) is 0 Å². The third-order valence-corrected chi connectivity index (χ3v) is 1.28. The fourth-order valence-corrected chi connectivity index (χ4v) is 0.785. The van der Waals surface area contributed by atoms with Crippen LogP contribution in [0.2, 0.25) is 5.02 Å². The topological polar surface area (TPSA) is 22.1 Å². The molecule has 0 amide bonds. The molecular formula is C8H10ClNO. The first-order chi connectivity index (χ1) is 5.18. The van der Waals surface area contributed by atoms with Gasteiger partial charge in [-0.1, -0.05) is 11.6 Å². The summed E-state index contributed by atoms with van der Waals surface area (Å²) in [6.45, 7) is 3.91. The van der Waals surface area contributed by atoms with E-state index in [-0.39, 0.29) is 6.10 Å². The highest BCUT2D eigenvalue weighted by molar-refractivity contribution is 6.30. The fourth-order valence-electron chi connectivity index (χ4n) is 0.673. The van der Waals surface area contributed by atoms with Crippen LogP contribution in [0.4, 0.5) is 0 Å². The molecule has 3 heteroatoms. The van der Waals surface area contributed by atoms with Gasteiger partial charge in [0.2, 0.25) is 5.88 Å². The maximum Gasteiger partial charge on any atom is 0.213 e. The Bertz CT molecular complexity index is 220. The van der Waals surface area contributed by atoms with Gasteiger partial charge in [0.15, 0.2) is 0 Å². The van der Waals surface area contributed by atoms with Gasteiger partial charge in [-0.2, -0.15) is 0 Å². The van der Waals surface area contributed by atoms with Crippen LogP contribution in [0.1, 0.15) is 13.8 Å². The number of hydrogen-bond donors (Lipinski definition) is 0. The molecule has 2 nitrogen and oxygen atoms in total. The Balaban J connectivity index is 2.66. The van der Waals surface area contributed by atoms with Crippen LogP contribution in [0.3, 0.4) is 0 Å². The SMILES string of the molecule is CC(C)Oc1ccc(Cl)cn1. The first-order valence-corrected chi connectivity index (χ1v) is 3.84. The quantitative estimate of drug-likeness (QED) is 0.682. The molecule has 0 fully saturated rings. The lowest BCUT2D eigenvalue weighted by molar-refractivity contribution is 0.232. The molecule has 0 spiro atoms. The Hall–Kier alpha value is -0.760. The predicted molar refractivity (Wildman–Crippen MR) is 45.0 cm³/mol. The van der Waals surface area contributed by atoms with Crippen LogP contribution in [0, 0.1) is 0 Å². The van der Waals surface area contributed by atoms with Gasteiger partial charge < -0.3 is 4.74 Å². The molecule has 0 saturated heterocycles. The standard InChI is InChI=1S/C8H10ClNO/c1-6(2)11-8-4-3-7(9)5-10-8/h3-6H,1-2H3. The molecule has 1 aromatic heterocycles. The minimum absolute atomic E-state index is 0.156. The van der Waals surface area contributed by atoms with Crippen LogP contribution in [0.5, 0.6) is 5.88 Å². The molecule has 1 rings (SSSR count). The van der Waals surface area contributed by atoms with Crippen molar-refractivity contribution in [1.29, 1.82) is 0 Å². The lowest BCUT2D eigenvalue weighted by Gasteiger charge is -2.07. The lowest BCUT2D eigenvalue weighted by Crippen LogP contribution is -2.06. The summed E-state index contributed by atoms with van der Waals surface area (Å²) < 4.78 is 5.30. The van der Waals surface area contributed by atoms with Gasteiger partial charge in [-0.3, -0.25) is 0 Å². The van der Waals surface area contributed by atoms with Crippen LogP contribution in [-0.2, 0) is 0 Å². The van der Waals surface area contributed by atoms with Crippen molar-refractivity contribution < 1.29 is 4.74 Å². The van der Waals surface area contributed by atoms with Crippen molar-refractivity contribution in [2.45, 2.75) is 20.0 Å². The highest BCUT2D eigenvalue weighted by Gasteiger charge is 1.96. The van der Waals surface area contributed by atoms with Crippen LogP contribution in [0.15, 0.2) is 18.3 Å². The Labute approximate surface area is 71.2 Å². The van der Waals surface area contributed by atoms with E-state index in [0.717, 1.165) is 0 Å². The highest BCUT2D eigenvalue weighted by atomic mass is 35.5. The minimum Gasteiger partial charge on any atom is -0.475 e. The van der Waals surface area contributed by atoms with Gasteiger partial charge >= 0.3 is 0 Å². The molecule has 0 aliphatic carbocycles. The molecular weight excluding hydrogens is 162 g/mol. The zero-order valence-corrected chi connectivity index (χ0v) is 7.30. The summed E-state index contributed by atoms with van der Waals surface area (Å²) in [6.07, 6.45) is 1.72. The van der Waals surface area contributed by atoms with Gasteiger partial charge in [0.05, 0.1) is 11.1 Å². The summed E-state index contributed by atoms with van der Waals surface area (Å²) in [6, 6.07) is 3.51. The van der Waals surface area contributed by atoms with Crippen molar-refractivity contribution in [3.8, 4) is 5.88 Å². The van der Waals surface area contributed by atoms with Gasteiger partial charge in [0, 0.05) is 12.3 Å². The van der Waals surface area contributed by atoms with Crippen LogP contribution >= 0.6 is 11.6 Å². The van der Waals surface area contributed by atoms with Crippen LogP contribution in [-0.4, -0.2) is 11.1 Å². The molecule has 0 bridgehead atoms. The molecule has 0 saturated carbocycles. The number of aromatic nitrogens is 1. The van der Waals surface area contributed by atoms with Crippen molar-refractivity contribution in [2.75, 3.05) is 0 Å². The minimum atomic E-state index is 0.156. The zero-order valence-electron chi connectivity index (χ0n) is 6.54. The number of ether oxygens (including phenoxy) is 1. The third kappa shape index (κ3) is 2.76. The van der Waals surface area contributed by atoms with Gasteiger partial charge in [-0.05, 0) is 19.9 Å². The van der Waals surface area contributed by atoms with E-state index < -0.39 is 0 Å².